The van der Waals surface area contributed by atoms with Crippen LogP contribution in [0.5, 0.6) is 5.75 Å². The molecule has 3 heterocycles. The van der Waals surface area contributed by atoms with Crippen molar-refractivity contribution in [2.75, 3.05) is 11.5 Å². The Labute approximate surface area is 221 Å². The number of benzene rings is 2. The molecule has 36 heavy (non-hydrogen) atoms. The number of halogens is 1. The summed E-state index contributed by atoms with van der Waals surface area (Å²) in [5.74, 6) is -0.980. The maximum atomic E-state index is 13.4. The van der Waals surface area contributed by atoms with E-state index >= 15 is 0 Å². The first-order valence-corrected chi connectivity index (χ1v) is 13.5. The number of nitrogens with zero attached hydrogens (tertiary/aromatic N) is 2. The van der Waals surface area contributed by atoms with E-state index in [0.717, 1.165) is 27.1 Å². The number of rotatable bonds is 6. The Kier molecular flexibility index (Phi) is 6.59. The van der Waals surface area contributed by atoms with Crippen LogP contribution in [-0.2, 0) is 9.59 Å². The first kappa shape index (κ1) is 24.5. The van der Waals surface area contributed by atoms with Crippen LogP contribution in [0.3, 0.4) is 0 Å². The first-order valence-electron chi connectivity index (χ1n) is 11.4. The van der Waals surface area contributed by atoms with Gasteiger partial charge in [-0.05, 0) is 73.2 Å². The molecule has 6 nitrogen and oxygen atoms in total. The van der Waals surface area contributed by atoms with E-state index in [9.17, 15) is 14.7 Å². The quantitative estimate of drug-likeness (QED) is 0.162. The Hall–Kier alpha value is -3.20. The average molecular weight is 539 g/mol. The lowest BCUT2D eigenvalue weighted by Gasteiger charge is -2.21. The highest BCUT2D eigenvalue weighted by Crippen LogP contribution is 2.46. The zero-order valence-corrected chi connectivity index (χ0v) is 22.3. The van der Waals surface area contributed by atoms with E-state index < -0.39 is 17.7 Å². The average Bonchev–Trinajstić information content (AvgIpc) is 3.57. The first-order chi connectivity index (χ1) is 17.3. The summed E-state index contributed by atoms with van der Waals surface area (Å²) in [5.41, 5.74) is 2.86. The van der Waals surface area contributed by atoms with Crippen LogP contribution in [0.4, 0.5) is 5.13 Å². The Morgan fingerprint density at radius 3 is 2.67 bits per heavy atom. The van der Waals surface area contributed by atoms with Crippen molar-refractivity contribution in [3.63, 3.8) is 0 Å². The van der Waals surface area contributed by atoms with E-state index in [0.29, 0.717) is 33.6 Å². The van der Waals surface area contributed by atoms with Gasteiger partial charge in [0.05, 0.1) is 22.4 Å². The maximum absolute atomic E-state index is 13.4. The topological polar surface area (TPSA) is 79.7 Å². The van der Waals surface area contributed by atoms with Crippen molar-refractivity contribution < 1.29 is 19.4 Å². The number of aromatic nitrogens is 1. The number of aliphatic hydroxyl groups excluding tert-OH is 1. The monoisotopic (exact) mass is 538 g/mol. The molecule has 1 aliphatic rings. The molecule has 1 unspecified atom stereocenters. The number of amides is 1. The van der Waals surface area contributed by atoms with Gasteiger partial charge in [-0.1, -0.05) is 35.9 Å². The molecule has 1 amide bonds. The van der Waals surface area contributed by atoms with Crippen LogP contribution < -0.4 is 9.64 Å². The van der Waals surface area contributed by atoms with Gasteiger partial charge in [-0.15, -0.1) is 11.3 Å². The Balaban J connectivity index is 1.64. The summed E-state index contributed by atoms with van der Waals surface area (Å²) in [5, 5.41) is 14.2. The van der Waals surface area contributed by atoms with E-state index in [1.807, 2.05) is 44.4 Å². The minimum Gasteiger partial charge on any atom is -0.507 e. The second-order valence-corrected chi connectivity index (χ2v) is 11.0. The summed E-state index contributed by atoms with van der Waals surface area (Å²) in [7, 11) is 0. The van der Waals surface area contributed by atoms with Gasteiger partial charge in [-0.3, -0.25) is 14.5 Å². The molecule has 0 radical (unpaired) electrons. The largest absolute Gasteiger partial charge is 0.507 e. The van der Waals surface area contributed by atoms with Crippen molar-refractivity contribution in [2.45, 2.75) is 33.2 Å². The molecule has 2 aromatic heterocycles. The third-order valence-corrected chi connectivity index (χ3v) is 8.38. The van der Waals surface area contributed by atoms with Gasteiger partial charge in [0.1, 0.15) is 17.6 Å². The van der Waals surface area contributed by atoms with Crippen LogP contribution in [0.1, 0.15) is 41.0 Å². The molecule has 4 aromatic rings. The highest BCUT2D eigenvalue weighted by atomic mass is 35.5. The lowest BCUT2D eigenvalue weighted by atomic mass is 9.99. The Bertz CT molecular complexity index is 1490. The molecular formula is C27H23ClN2O4S2. The van der Waals surface area contributed by atoms with Gasteiger partial charge in [0, 0.05) is 15.5 Å². The van der Waals surface area contributed by atoms with Gasteiger partial charge in [0.2, 0.25) is 0 Å². The number of aliphatic hydroxyl groups is 1. The maximum Gasteiger partial charge on any atom is 0.301 e. The van der Waals surface area contributed by atoms with Gasteiger partial charge in [-0.25, -0.2) is 4.98 Å². The van der Waals surface area contributed by atoms with Crippen LogP contribution in [0.15, 0.2) is 53.4 Å². The molecule has 5 rings (SSSR count). The van der Waals surface area contributed by atoms with E-state index in [1.54, 1.807) is 24.3 Å². The third kappa shape index (κ3) is 4.19. The predicted molar refractivity (Wildman–Crippen MR) is 145 cm³/mol. The number of aryl methyl sites for hydroxylation is 2. The molecule has 2 aromatic carbocycles. The number of thiophene rings is 1. The van der Waals surface area contributed by atoms with Crippen molar-refractivity contribution in [1.82, 2.24) is 4.98 Å². The highest BCUT2D eigenvalue weighted by Gasteiger charge is 2.48. The van der Waals surface area contributed by atoms with Crippen molar-refractivity contribution in [1.29, 1.82) is 0 Å². The smallest absolute Gasteiger partial charge is 0.301 e. The Morgan fingerprint density at radius 2 is 1.97 bits per heavy atom. The van der Waals surface area contributed by atoms with Crippen molar-refractivity contribution in [2.24, 2.45) is 0 Å². The molecule has 0 aliphatic carbocycles. The lowest BCUT2D eigenvalue weighted by Crippen LogP contribution is -2.28. The van der Waals surface area contributed by atoms with E-state index in [-0.39, 0.29) is 11.3 Å². The predicted octanol–water partition coefficient (Wildman–Crippen LogP) is 7.04. The van der Waals surface area contributed by atoms with Gasteiger partial charge >= 0.3 is 5.91 Å². The van der Waals surface area contributed by atoms with E-state index in [2.05, 4.69) is 4.98 Å². The van der Waals surface area contributed by atoms with Gasteiger partial charge in [-0.2, -0.15) is 0 Å². The summed E-state index contributed by atoms with van der Waals surface area (Å²) in [6, 6.07) is 11.8. The number of Topliss-reactive ketones (excluding diaryl/α,β-unsaturated/α-hetero) is 1. The molecule has 184 valence electrons. The second-order valence-electron chi connectivity index (χ2n) is 8.58. The molecule has 1 fully saturated rings. The Morgan fingerprint density at radius 1 is 1.17 bits per heavy atom. The fraction of sp³-hybridized carbons (Fsp3) is 0.222. The molecule has 1 saturated heterocycles. The summed E-state index contributed by atoms with van der Waals surface area (Å²) in [6.45, 7) is 6.40. The number of ether oxygens (including phenoxy) is 1. The third-order valence-electron chi connectivity index (χ3n) is 6.03. The molecule has 0 saturated carbocycles. The standard InChI is InChI=1S/C27H23ClN2O4S2/c1-4-9-34-19-8-7-16(11-15(19)3)24(31)22-23(20-6-5-10-35-20)30(26(33)25(22)32)27-29-18-13-17(28)14(2)12-21(18)36-27/h5-8,10-13,23,31H,4,9H2,1-3H3/b24-22+. The number of carbonyl (C=O) groups excluding carboxylic acids is 2. The number of carbonyl (C=O) groups is 2. The number of ketones is 1. The molecule has 1 aliphatic heterocycles. The normalized spacial score (nSPS) is 17.3. The zero-order chi connectivity index (χ0) is 25.6. The van der Waals surface area contributed by atoms with Gasteiger partial charge in [0.25, 0.3) is 5.78 Å². The second kappa shape index (κ2) is 9.69. The molecule has 1 N–H and O–H groups in total. The van der Waals surface area contributed by atoms with Crippen molar-refractivity contribution in [3.8, 4) is 5.75 Å². The minimum absolute atomic E-state index is 0.0394. The number of anilines is 1. The number of thiazole rings is 1. The fourth-order valence-electron chi connectivity index (χ4n) is 4.21. The summed E-state index contributed by atoms with van der Waals surface area (Å²) < 4.78 is 6.60. The highest BCUT2D eigenvalue weighted by molar-refractivity contribution is 7.22. The fourth-order valence-corrected chi connectivity index (χ4v) is 6.27. The number of hydrogen-bond donors (Lipinski definition) is 1. The molecular weight excluding hydrogens is 516 g/mol. The van der Waals surface area contributed by atoms with E-state index in [4.69, 9.17) is 16.3 Å². The number of fused-ring (bicyclic) bond motifs is 1. The van der Waals surface area contributed by atoms with Crippen molar-refractivity contribution >= 4 is 67.1 Å². The SMILES string of the molecule is CCCOc1ccc(/C(O)=C2\C(=O)C(=O)N(c3nc4cc(Cl)c(C)cc4s3)C2c2cccs2)cc1C. The number of hydrogen-bond acceptors (Lipinski definition) is 7. The zero-order valence-electron chi connectivity index (χ0n) is 19.9. The van der Waals surface area contributed by atoms with Crippen LogP contribution in [0.2, 0.25) is 5.02 Å². The van der Waals surface area contributed by atoms with Crippen LogP contribution in [-0.4, -0.2) is 28.4 Å². The molecule has 0 bridgehead atoms. The van der Waals surface area contributed by atoms with Gasteiger partial charge < -0.3 is 9.84 Å². The van der Waals surface area contributed by atoms with Crippen LogP contribution in [0.25, 0.3) is 16.0 Å². The molecule has 9 heteroatoms. The summed E-state index contributed by atoms with van der Waals surface area (Å²) in [6.07, 6.45) is 0.878. The molecule has 0 spiro atoms. The minimum atomic E-state index is -0.793. The lowest BCUT2D eigenvalue weighted by molar-refractivity contribution is -0.132. The summed E-state index contributed by atoms with van der Waals surface area (Å²) >= 11 is 9.01. The molecule has 1 atom stereocenters. The van der Waals surface area contributed by atoms with Crippen LogP contribution >= 0.6 is 34.3 Å². The summed E-state index contributed by atoms with van der Waals surface area (Å²) in [4.78, 5) is 33.5. The van der Waals surface area contributed by atoms with Gasteiger partial charge in [0.15, 0.2) is 5.13 Å². The van der Waals surface area contributed by atoms with Crippen LogP contribution in [0, 0.1) is 13.8 Å². The van der Waals surface area contributed by atoms with E-state index in [1.165, 1.54) is 27.6 Å². The van der Waals surface area contributed by atoms with Crippen molar-refractivity contribution in [3.05, 3.63) is 80.0 Å².